The molecule has 276 valence electrons. The van der Waals surface area contributed by atoms with E-state index in [1.165, 1.54) is 4.90 Å². The van der Waals surface area contributed by atoms with Gasteiger partial charge in [-0.05, 0) is 46.5 Å². The SMILES string of the molecule is CCCCCCN1C(=O)c2c3nc(cc4[n-]c(cc5nc(cc6[n-]c2c(c6C)C1=O)[C@H](CC)[C@H]5C)c(C(C)=O)c4C)[C@@H](C)[C@@H]3CCC(=O)OCCC.[Zn+2]. The van der Waals surface area contributed by atoms with Gasteiger partial charge in [0.15, 0.2) is 5.78 Å². The second-order valence-electron chi connectivity index (χ2n) is 14.8. The summed E-state index contributed by atoms with van der Waals surface area (Å²) in [5, 5.41) is 0. The molecule has 10 nitrogen and oxygen atoms in total. The molecular weight excluding hydrogens is 720 g/mol. The zero-order valence-corrected chi connectivity index (χ0v) is 35.6. The van der Waals surface area contributed by atoms with Crippen LogP contribution < -0.4 is 9.97 Å². The summed E-state index contributed by atoms with van der Waals surface area (Å²) in [6, 6.07) is 5.80. The van der Waals surface area contributed by atoms with Crippen molar-refractivity contribution in [1.29, 1.82) is 0 Å². The molecule has 0 radical (unpaired) electrons. The summed E-state index contributed by atoms with van der Waals surface area (Å²) in [6.45, 7) is 16.4. The molecule has 4 atom stereocenters. The number of unbranched alkanes of at least 4 members (excludes halogenated alkanes) is 3. The van der Waals surface area contributed by atoms with Crippen LogP contribution in [0.3, 0.4) is 0 Å². The van der Waals surface area contributed by atoms with Crippen molar-refractivity contribution < 1.29 is 43.4 Å². The maximum absolute atomic E-state index is 14.7. The normalized spacial score (nSPS) is 19.4. The molecular formula is C42H51N5O5Zn. The first-order chi connectivity index (χ1) is 24.9. The fourth-order valence-electron chi connectivity index (χ4n) is 8.22. The van der Waals surface area contributed by atoms with E-state index in [0.717, 1.165) is 49.1 Å². The number of imide groups is 1. The van der Waals surface area contributed by atoms with Crippen LogP contribution in [0.15, 0.2) is 18.2 Å². The van der Waals surface area contributed by atoms with Crippen LogP contribution in [0.1, 0.15) is 182 Å². The predicted molar refractivity (Wildman–Crippen MR) is 201 cm³/mol. The van der Waals surface area contributed by atoms with E-state index >= 15 is 0 Å². The Morgan fingerprint density at radius 3 is 2.11 bits per heavy atom. The van der Waals surface area contributed by atoms with Crippen molar-refractivity contribution >= 4 is 45.6 Å². The standard InChI is InChI=1S/C42H53N5O5.Zn/c1-9-12-13-14-17-47-41(50)37-25(7)32-20-33-27(11-3)22(4)29(43-33)21-34-36(26(8)48)24(6)31(44-34)19-30-23(5)28(15-16-35(49)52-18-10-2)39(45-30)38(42(47)51)40(37)46-32;/h19-23,27-28H,9-18H2,1-8H3,(H2,43,44,45,46,48,50,51);/q;+2/p-2/t22-,23+,27-,28+;/m1./s1. The largest absolute Gasteiger partial charge is 2.00 e. The summed E-state index contributed by atoms with van der Waals surface area (Å²) in [4.78, 5) is 76.5. The van der Waals surface area contributed by atoms with E-state index in [0.29, 0.717) is 81.7 Å². The van der Waals surface area contributed by atoms with E-state index in [4.69, 9.17) is 24.7 Å². The van der Waals surface area contributed by atoms with E-state index in [1.54, 1.807) is 6.92 Å². The molecule has 3 aromatic heterocycles. The van der Waals surface area contributed by atoms with Crippen LogP contribution in [0, 0.1) is 13.8 Å². The number of ether oxygens (including phenoxy) is 1. The fraction of sp³-hybridized carbons (Fsp3) is 0.524. The van der Waals surface area contributed by atoms with Gasteiger partial charge < -0.3 is 14.7 Å². The number of hydrogen-bond acceptors (Lipinski definition) is 7. The third-order valence-electron chi connectivity index (χ3n) is 11.3. The molecule has 3 aliphatic rings. The third-order valence-corrected chi connectivity index (χ3v) is 11.3. The summed E-state index contributed by atoms with van der Waals surface area (Å²) in [6.07, 6.45) is 5.75. The van der Waals surface area contributed by atoms with Gasteiger partial charge in [-0.2, -0.15) is 0 Å². The van der Waals surface area contributed by atoms with Gasteiger partial charge in [0, 0.05) is 70.4 Å². The van der Waals surface area contributed by atoms with E-state index in [1.807, 2.05) is 45.9 Å². The van der Waals surface area contributed by atoms with Crippen molar-refractivity contribution in [2.45, 2.75) is 130 Å². The molecule has 6 heterocycles. The van der Waals surface area contributed by atoms with Crippen molar-refractivity contribution in [1.82, 2.24) is 24.8 Å². The monoisotopic (exact) mass is 769 g/mol. The first-order valence-corrected chi connectivity index (χ1v) is 19.1. The van der Waals surface area contributed by atoms with E-state index < -0.39 is 5.91 Å². The predicted octanol–water partition coefficient (Wildman–Crippen LogP) is 8.48. The average Bonchev–Trinajstić information content (AvgIpc) is 3.79. The number of amides is 2. The molecule has 8 bridgehead atoms. The van der Waals surface area contributed by atoms with Crippen molar-refractivity contribution in [3.05, 3.63) is 68.8 Å². The van der Waals surface area contributed by atoms with Crippen LogP contribution in [-0.4, -0.2) is 51.6 Å². The van der Waals surface area contributed by atoms with Gasteiger partial charge in [-0.25, -0.2) is 0 Å². The van der Waals surface area contributed by atoms with Gasteiger partial charge in [0.2, 0.25) is 0 Å². The summed E-state index contributed by atoms with van der Waals surface area (Å²) in [7, 11) is 0. The number of ketones is 1. The second-order valence-corrected chi connectivity index (χ2v) is 14.8. The zero-order valence-electron chi connectivity index (χ0n) is 32.6. The second kappa shape index (κ2) is 16.6. The topological polar surface area (TPSA) is 135 Å². The molecule has 0 aliphatic carbocycles. The molecule has 6 rings (SSSR count). The van der Waals surface area contributed by atoms with Crippen molar-refractivity contribution in [3.63, 3.8) is 0 Å². The van der Waals surface area contributed by atoms with E-state index in [-0.39, 0.29) is 67.2 Å². The summed E-state index contributed by atoms with van der Waals surface area (Å²) in [5.41, 5.74) is 7.79. The van der Waals surface area contributed by atoms with Crippen LogP contribution in [-0.2, 0) is 29.0 Å². The molecule has 0 N–H and O–H groups in total. The quantitative estimate of drug-likeness (QED) is 0.0584. The van der Waals surface area contributed by atoms with Crippen LogP contribution in [0.4, 0.5) is 0 Å². The summed E-state index contributed by atoms with van der Waals surface area (Å²) in [5.74, 6) is -1.52. The Hall–Kier alpha value is -3.98. The average molecular weight is 771 g/mol. The Balaban J connectivity index is 0.00000541. The zero-order chi connectivity index (χ0) is 37.4. The maximum Gasteiger partial charge on any atom is 2.00 e. The van der Waals surface area contributed by atoms with Crippen molar-refractivity contribution in [3.8, 4) is 0 Å². The van der Waals surface area contributed by atoms with Crippen LogP contribution in [0.2, 0.25) is 0 Å². The first kappa shape index (κ1) is 40.2. The van der Waals surface area contributed by atoms with Gasteiger partial charge in [-0.3, -0.25) is 34.0 Å². The number of rotatable bonds is 12. The third kappa shape index (κ3) is 7.43. The Bertz CT molecular complexity index is 2100. The number of aryl methyl sites for hydroxylation is 2. The molecule has 2 amide bonds. The molecule has 0 spiro atoms. The van der Waals surface area contributed by atoms with Crippen LogP contribution in [0.5, 0.6) is 0 Å². The number of esters is 1. The number of carbonyl (C=O) groups is 4. The minimum atomic E-state index is -0.405. The molecule has 0 saturated heterocycles. The fourth-order valence-corrected chi connectivity index (χ4v) is 8.22. The minimum absolute atomic E-state index is 0. The summed E-state index contributed by atoms with van der Waals surface area (Å²) >= 11 is 0. The molecule has 0 saturated carbocycles. The number of Topliss-reactive ketones (excluding diaryl/α,β-unsaturated/α-hetero) is 1. The number of fused-ring (bicyclic) bond motifs is 8. The Labute approximate surface area is 325 Å². The Morgan fingerprint density at radius 1 is 0.792 bits per heavy atom. The Morgan fingerprint density at radius 2 is 1.43 bits per heavy atom. The van der Waals surface area contributed by atoms with Crippen molar-refractivity contribution in [2.75, 3.05) is 13.2 Å². The molecule has 0 unspecified atom stereocenters. The molecule has 0 fully saturated rings. The molecule has 0 aromatic carbocycles. The van der Waals surface area contributed by atoms with Gasteiger partial charge in [-0.1, -0.05) is 83.2 Å². The number of carbonyl (C=O) groups excluding carboxylic acids is 4. The molecule has 53 heavy (non-hydrogen) atoms. The van der Waals surface area contributed by atoms with Crippen molar-refractivity contribution in [2.24, 2.45) is 0 Å². The van der Waals surface area contributed by atoms with Gasteiger partial charge in [-0.15, -0.1) is 22.1 Å². The van der Waals surface area contributed by atoms with Gasteiger partial charge >= 0.3 is 25.4 Å². The van der Waals surface area contributed by atoms with E-state index in [2.05, 4.69) is 20.8 Å². The minimum Gasteiger partial charge on any atom is -0.657 e. The summed E-state index contributed by atoms with van der Waals surface area (Å²) < 4.78 is 5.43. The first-order valence-electron chi connectivity index (χ1n) is 19.1. The van der Waals surface area contributed by atoms with Gasteiger partial charge in [0.05, 0.1) is 12.3 Å². The van der Waals surface area contributed by atoms with Gasteiger partial charge in [0.1, 0.15) is 0 Å². The molecule has 11 heteroatoms. The number of nitrogens with zero attached hydrogens (tertiary/aromatic N) is 5. The molecule has 3 aliphatic heterocycles. The van der Waals surface area contributed by atoms with Crippen LogP contribution in [0.25, 0.3) is 22.1 Å². The van der Waals surface area contributed by atoms with Crippen LogP contribution >= 0.6 is 0 Å². The van der Waals surface area contributed by atoms with Gasteiger partial charge in [0.25, 0.3) is 11.8 Å². The molecule has 3 aromatic rings. The number of hydrogen-bond donors (Lipinski definition) is 0. The smallest absolute Gasteiger partial charge is 0.657 e. The maximum atomic E-state index is 14.7. The number of aromatic nitrogens is 4. The van der Waals surface area contributed by atoms with E-state index in [9.17, 15) is 19.2 Å². The Kier molecular flexibility index (Phi) is 12.6.